The Labute approximate surface area is 143 Å². The van der Waals surface area contributed by atoms with Gasteiger partial charge in [-0.3, -0.25) is 9.59 Å². The first-order chi connectivity index (χ1) is 11.9. The molecule has 0 saturated carbocycles. The van der Waals surface area contributed by atoms with Crippen molar-refractivity contribution >= 4 is 35.9 Å². The maximum absolute atomic E-state index is 12.0. The summed E-state index contributed by atoms with van der Waals surface area (Å²) in [5, 5.41) is 0. The van der Waals surface area contributed by atoms with Crippen molar-refractivity contribution in [2.45, 2.75) is 6.42 Å². The molecular weight excluding hydrogens is 324 g/mol. The molecule has 0 unspecified atom stereocenters. The average Bonchev–Trinajstić information content (AvgIpc) is 2.74. The molecule has 0 fully saturated rings. The lowest BCUT2D eigenvalue weighted by atomic mass is 10.0. The van der Waals surface area contributed by atoms with Crippen LogP contribution in [0.15, 0.2) is 39.8 Å². The lowest BCUT2D eigenvalue weighted by Crippen LogP contribution is -2.24. The molecule has 0 radical (unpaired) electrons. The minimum atomic E-state index is -0.592. The molecule has 2 amide bonds. The van der Waals surface area contributed by atoms with Crippen LogP contribution < -0.4 is 27.7 Å². The van der Waals surface area contributed by atoms with E-state index in [2.05, 4.69) is 9.98 Å². The summed E-state index contributed by atoms with van der Waals surface area (Å²) in [4.78, 5) is 30.5. The number of nitrogens with two attached hydrogens (primary N) is 4. The third-order valence-corrected chi connectivity index (χ3v) is 3.17. The second-order valence-corrected chi connectivity index (χ2v) is 5.08. The zero-order valence-electron chi connectivity index (χ0n) is 13.3. The molecule has 1 aromatic rings. The summed E-state index contributed by atoms with van der Waals surface area (Å²) in [7, 11) is 0. The van der Waals surface area contributed by atoms with Gasteiger partial charge >= 0.3 is 0 Å². The first-order valence-electron chi connectivity index (χ1n) is 7.29. The first kappa shape index (κ1) is 17.7. The van der Waals surface area contributed by atoms with Gasteiger partial charge in [-0.25, -0.2) is 0 Å². The number of aliphatic imine (C=N–C) groups is 2. The van der Waals surface area contributed by atoms with Crippen LogP contribution in [0.25, 0.3) is 12.2 Å². The third-order valence-electron chi connectivity index (χ3n) is 3.17. The Morgan fingerprint density at radius 1 is 1.08 bits per heavy atom. The van der Waals surface area contributed by atoms with Gasteiger partial charge in [0.25, 0.3) is 11.8 Å². The topological polar surface area (TPSA) is 172 Å². The molecule has 0 atom stereocenters. The van der Waals surface area contributed by atoms with E-state index in [1.807, 2.05) is 0 Å². The molecule has 9 nitrogen and oxygen atoms in total. The minimum Gasteiger partial charge on any atom is -0.492 e. The van der Waals surface area contributed by atoms with Crippen LogP contribution in [0.3, 0.4) is 0 Å². The maximum atomic E-state index is 12.0. The molecule has 1 aliphatic rings. The van der Waals surface area contributed by atoms with E-state index in [1.54, 1.807) is 24.3 Å². The predicted octanol–water partition coefficient (Wildman–Crippen LogP) is -0.534. The summed E-state index contributed by atoms with van der Waals surface area (Å²) < 4.78 is 5.72. The van der Waals surface area contributed by atoms with Gasteiger partial charge in [0.15, 0.2) is 11.9 Å². The van der Waals surface area contributed by atoms with E-state index >= 15 is 0 Å². The Bertz CT molecular complexity index is 815. The van der Waals surface area contributed by atoms with Gasteiger partial charge in [-0.1, -0.05) is 18.2 Å². The molecule has 0 aliphatic carbocycles. The quantitative estimate of drug-likeness (QED) is 0.324. The summed E-state index contributed by atoms with van der Waals surface area (Å²) in [6.45, 7) is 0.261. The average molecular weight is 342 g/mol. The number of nitrogens with zero attached hydrogens (tertiary/aromatic N) is 2. The molecule has 1 heterocycles. The Kier molecular flexibility index (Phi) is 5.51. The molecule has 9 heteroatoms. The van der Waals surface area contributed by atoms with Crippen LogP contribution in [0, 0.1) is 0 Å². The van der Waals surface area contributed by atoms with Crippen LogP contribution in [0.5, 0.6) is 5.75 Å². The highest BCUT2D eigenvalue weighted by molar-refractivity contribution is 6.04. The number of fused-ring (bicyclic) bond motifs is 1. The number of carbonyl (C=O) groups is 2. The van der Waals surface area contributed by atoms with Crippen molar-refractivity contribution in [1.29, 1.82) is 0 Å². The lowest BCUT2D eigenvalue weighted by Gasteiger charge is -2.09. The number of hydrogen-bond acceptors (Lipinski definition) is 3. The smallest absolute Gasteiger partial charge is 0.276 e. The van der Waals surface area contributed by atoms with E-state index in [0.717, 1.165) is 0 Å². The summed E-state index contributed by atoms with van der Waals surface area (Å²) in [5.74, 6) is -1.19. The molecule has 8 N–H and O–H groups in total. The standard InChI is InChI=1S/C16H18N6O3/c17-15(18)21-12(23)5-4-9-2-1-3-10-8-11(6-7-25-13(9)10)14(24)22-16(19)20/h1-5,8H,6-7H2,(H4,17,18,21,23)(H4,19,20,22,24). The largest absolute Gasteiger partial charge is 0.492 e. The van der Waals surface area contributed by atoms with Gasteiger partial charge in [0.2, 0.25) is 0 Å². The number of benzene rings is 1. The Balaban J connectivity index is 2.35. The van der Waals surface area contributed by atoms with Crippen molar-refractivity contribution in [2.75, 3.05) is 6.61 Å². The number of amides is 2. The first-order valence-corrected chi connectivity index (χ1v) is 7.29. The molecule has 0 saturated heterocycles. The van der Waals surface area contributed by atoms with E-state index in [4.69, 9.17) is 27.7 Å². The predicted molar refractivity (Wildman–Crippen MR) is 95.2 cm³/mol. The maximum Gasteiger partial charge on any atom is 0.276 e. The Hall–Kier alpha value is -3.62. The van der Waals surface area contributed by atoms with Gasteiger partial charge in [-0.15, -0.1) is 0 Å². The lowest BCUT2D eigenvalue weighted by molar-refractivity contribution is -0.114. The van der Waals surface area contributed by atoms with E-state index < -0.39 is 11.8 Å². The molecular formula is C16H18N6O3. The number of ether oxygens (including phenoxy) is 1. The summed E-state index contributed by atoms with van der Waals surface area (Å²) in [6, 6.07) is 5.30. The van der Waals surface area contributed by atoms with Crippen molar-refractivity contribution in [3.8, 4) is 5.75 Å². The second kappa shape index (κ2) is 7.77. The fourth-order valence-electron chi connectivity index (χ4n) is 2.19. The summed E-state index contributed by atoms with van der Waals surface area (Å²) in [6.07, 6.45) is 4.76. The van der Waals surface area contributed by atoms with Crippen LogP contribution in [-0.2, 0) is 9.59 Å². The van der Waals surface area contributed by atoms with Crippen molar-refractivity contribution in [3.05, 3.63) is 41.0 Å². The normalized spacial score (nSPS) is 13.0. The molecule has 0 bridgehead atoms. The van der Waals surface area contributed by atoms with E-state index in [-0.39, 0.29) is 18.5 Å². The van der Waals surface area contributed by atoms with Gasteiger partial charge in [-0.2, -0.15) is 9.98 Å². The fraction of sp³-hybridized carbons (Fsp3) is 0.125. The number of para-hydroxylation sites is 1. The van der Waals surface area contributed by atoms with Crippen LogP contribution in [0.4, 0.5) is 0 Å². The molecule has 1 aromatic carbocycles. The molecule has 2 rings (SSSR count). The van der Waals surface area contributed by atoms with E-state index in [1.165, 1.54) is 12.2 Å². The van der Waals surface area contributed by atoms with E-state index in [9.17, 15) is 9.59 Å². The van der Waals surface area contributed by atoms with E-state index in [0.29, 0.717) is 28.9 Å². The van der Waals surface area contributed by atoms with Gasteiger partial charge in [0.05, 0.1) is 6.61 Å². The molecule has 1 aliphatic heterocycles. The second-order valence-electron chi connectivity index (χ2n) is 5.08. The number of hydrogen-bond donors (Lipinski definition) is 4. The van der Waals surface area contributed by atoms with Crippen molar-refractivity contribution in [1.82, 2.24) is 0 Å². The van der Waals surface area contributed by atoms with Crippen molar-refractivity contribution in [3.63, 3.8) is 0 Å². The van der Waals surface area contributed by atoms with Crippen molar-refractivity contribution in [2.24, 2.45) is 32.9 Å². The highest BCUT2D eigenvalue weighted by atomic mass is 16.5. The zero-order valence-corrected chi connectivity index (χ0v) is 13.3. The Morgan fingerprint density at radius 3 is 2.48 bits per heavy atom. The molecule has 25 heavy (non-hydrogen) atoms. The SMILES string of the molecule is NC(N)=NC(=O)C=Cc1cccc2c1OCCC(C(=O)N=C(N)N)=C2. The summed E-state index contributed by atoms with van der Waals surface area (Å²) in [5.41, 5.74) is 22.5. The summed E-state index contributed by atoms with van der Waals surface area (Å²) >= 11 is 0. The van der Waals surface area contributed by atoms with Crippen LogP contribution in [0.2, 0.25) is 0 Å². The van der Waals surface area contributed by atoms with Crippen LogP contribution >= 0.6 is 0 Å². The zero-order chi connectivity index (χ0) is 18.4. The highest BCUT2D eigenvalue weighted by Gasteiger charge is 2.16. The minimum absolute atomic E-state index is 0.261. The van der Waals surface area contributed by atoms with Gasteiger partial charge in [0, 0.05) is 29.2 Å². The van der Waals surface area contributed by atoms with Crippen molar-refractivity contribution < 1.29 is 14.3 Å². The van der Waals surface area contributed by atoms with Gasteiger partial charge < -0.3 is 27.7 Å². The highest BCUT2D eigenvalue weighted by Crippen LogP contribution is 2.31. The number of carbonyl (C=O) groups excluding carboxylic acids is 2. The molecule has 0 aromatic heterocycles. The van der Waals surface area contributed by atoms with Crippen LogP contribution in [0.1, 0.15) is 17.5 Å². The Morgan fingerprint density at radius 2 is 1.80 bits per heavy atom. The van der Waals surface area contributed by atoms with Crippen LogP contribution in [-0.4, -0.2) is 30.3 Å². The number of rotatable bonds is 3. The molecule has 0 spiro atoms. The number of guanidine groups is 2. The van der Waals surface area contributed by atoms with Gasteiger partial charge in [-0.05, 0) is 12.2 Å². The monoisotopic (exact) mass is 342 g/mol. The third kappa shape index (κ3) is 4.93. The fourth-order valence-corrected chi connectivity index (χ4v) is 2.19. The van der Waals surface area contributed by atoms with Gasteiger partial charge in [0.1, 0.15) is 5.75 Å². The molecule has 130 valence electrons.